The van der Waals surface area contributed by atoms with Gasteiger partial charge in [0.1, 0.15) is 12.4 Å². The highest BCUT2D eigenvalue weighted by Gasteiger charge is 2.39. The van der Waals surface area contributed by atoms with E-state index in [1.165, 1.54) is 12.1 Å². The number of carbonyl (C=O) groups is 1. The molecule has 1 rings (SSSR count). The number of hydrogen-bond acceptors (Lipinski definition) is 3. The van der Waals surface area contributed by atoms with Crippen molar-refractivity contribution in [2.24, 2.45) is 0 Å². The average molecular weight is 342 g/mol. The van der Waals surface area contributed by atoms with Crippen LogP contribution in [0.5, 0.6) is 0 Å². The summed E-state index contributed by atoms with van der Waals surface area (Å²) in [5.41, 5.74) is 0.884. The van der Waals surface area contributed by atoms with Crippen LogP contribution in [0.25, 0.3) is 0 Å². The zero-order chi connectivity index (χ0) is 17.7. The largest absolute Gasteiger partial charge is 0.480 e. The predicted molar refractivity (Wildman–Crippen MR) is 90.5 cm³/mol. The van der Waals surface area contributed by atoms with E-state index in [0.29, 0.717) is 6.42 Å². The van der Waals surface area contributed by atoms with E-state index in [4.69, 9.17) is 14.3 Å². The van der Waals surface area contributed by atoms with Gasteiger partial charge in [-0.1, -0.05) is 32.9 Å². The zero-order valence-electron chi connectivity index (χ0n) is 14.6. The lowest BCUT2D eigenvalue weighted by molar-refractivity contribution is -0.142. The fourth-order valence-electron chi connectivity index (χ4n) is 1.85. The summed E-state index contributed by atoms with van der Waals surface area (Å²) in [6, 6.07) is 6.25. The molecule has 130 valence electrons. The van der Waals surface area contributed by atoms with Gasteiger partial charge in [-0.3, -0.25) is 0 Å². The van der Waals surface area contributed by atoms with Gasteiger partial charge in [0.2, 0.25) is 0 Å². The molecule has 1 N–H and O–H groups in total. The van der Waals surface area contributed by atoms with E-state index in [1.54, 1.807) is 12.1 Å². The van der Waals surface area contributed by atoms with E-state index in [-0.39, 0.29) is 30.2 Å². The molecule has 1 aromatic rings. The Labute approximate surface area is 138 Å². The summed E-state index contributed by atoms with van der Waals surface area (Å²) in [6.07, 6.45) is 0.302. The summed E-state index contributed by atoms with van der Waals surface area (Å²) >= 11 is 0. The van der Waals surface area contributed by atoms with Crippen molar-refractivity contribution in [3.8, 4) is 0 Å². The molecule has 0 aliphatic heterocycles. The molecule has 0 amide bonds. The van der Waals surface area contributed by atoms with Crippen molar-refractivity contribution in [3.63, 3.8) is 0 Å². The molecule has 0 heterocycles. The van der Waals surface area contributed by atoms with Crippen LogP contribution in [-0.4, -0.2) is 32.6 Å². The average Bonchev–Trinajstić information content (AvgIpc) is 2.41. The Morgan fingerprint density at radius 1 is 1.26 bits per heavy atom. The monoisotopic (exact) mass is 342 g/mol. The number of benzene rings is 1. The van der Waals surface area contributed by atoms with E-state index < -0.39 is 14.3 Å². The Kier molecular flexibility index (Phi) is 6.92. The highest BCUT2D eigenvalue weighted by atomic mass is 28.4. The van der Waals surface area contributed by atoms with Crippen LogP contribution in [0.2, 0.25) is 18.1 Å². The van der Waals surface area contributed by atoms with Crippen molar-refractivity contribution in [2.45, 2.75) is 51.4 Å². The topological polar surface area (TPSA) is 55.8 Å². The first-order valence-electron chi connectivity index (χ1n) is 7.76. The molecule has 0 fully saturated rings. The second-order valence-corrected chi connectivity index (χ2v) is 11.9. The molecule has 0 aromatic heterocycles. The molecule has 4 nitrogen and oxygen atoms in total. The lowest BCUT2D eigenvalue weighted by atomic mass is 10.1. The van der Waals surface area contributed by atoms with Gasteiger partial charge in [0.05, 0.1) is 12.7 Å². The Morgan fingerprint density at radius 3 is 2.30 bits per heavy atom. The molecule has 0 radical (unpaired) electrons. The minimum Gasteiger partial charge on any atom is -0.480 e. The highest BCUT2D eigenvalue weighted by Crippen LogP contribution is 2.40. The third-order valence-corrected chi connectivity index (χ3v) is 8.72. The summed E-state index contributed by atoms with van der Waals surface area (Å²) in [7, 11) is -2.01. The maximum atomic E-state index is 13.2. The van der Waals surface area contributed by atoms with Crippen LogP contribution in [0.1, 0.15) is 38.9 Å². The van der Waals surface area contributed by atoms with Gasteiger partial charge >= 0.3 is 5.97 Å². The number of aliphatic carboxylic acids is 1. The predicted octanol–water partition coefficient (Wildman–Crippen LogP) is 4.38. The number of halogens is 1. The SMILES string of the molecule is CC(C)(C)[Si](C)(C)O[C@H](CCOCC(=O)O)c1ccc(F)cc1. The Balaban J connectivity index is 2.84. The lowest BCUT2D eigenvalue weighted by Gasteiger charge is -2.39. The molecule has 0 bridgehead atoms. The molecule has 0 saturated heterocycles. The van der Waals surface area contributed by atoms with Crippen LogP contribution in [0.15, 0.2) is 24.3 Å². The second kappa shape index (κ2) is 8.03. The molecular formula is C17H27FO4Si. The number of ether oxygens (including phenoxy) is 1. The first kappa shape index (κ1) is 19.8. The minimum atomic E-state index is -2.01. The van der Waals surface area contributed by atoms with Gasteiger partial charge in [-0.15, -0.1) is 0 Å². The quantitative estimate of drug-likeness (QED) is 0.563. The highest BCUT2D eigenvalue weighted by molar-refractivity contribution is 6.74. The molecular weight excluding hydrogens is 315 g/mol. The number of carboxylic acids is 1. The maximum absolute atomic E-state index is 13.2. The van der Waals surface area contributed by atoms with E-state index >= 15 is 0 Å². The molecule has 0 spiro atoms. The van der Waals surface area contributed by atoms with Crippen molar-refractivity contribution in [1.29, 1.82) is 0 Å². The smallest absolute Gasteiger partial charge is 0.329 e. The van der Waals surface area contributed by atoms with E-state index in [0.717, 1.165) is 5.56 Å². The van der Waals surface area contributed by atoms with Gasteiger partial charge in [0.15, 0.2) is 8.32 Å². The van der Waals surface area contributed by atoms with Crippen LogP contribution < -0.4 is 0 Å². The normalized spacial score (nSPS) is 13.8. The Morgan fingerprint density at radius 2 is 1.83 bits per heavy atom. The summed E-state index contributed by atoms with van der Waals surface area (Å²) in [5.74, 6) is -1.28. The van der Waals surface area contributed by atoms with Crippen molar-refractivity contribution in [3.05, 3.63) is 35.6 Å². The fraction of sp³-hybridized carbons (Fsp3) is 0.588. The summed E-state index contributed by atoms with van der Waals surface area (Å²) in [4.78, 5) is 10.5. The van der Waals surface area contributed by atoms with Crippen molar-refractivity contribution >= 4 is 14.3 Å². The Bertz CT molecular complexity index is 508. The molecule has 0 aliphatic rings. The van der Waals surface area contributed by atoms with Crippen molar-refractivity contribution in [1.82, 2.24) is 0 Å². The number of rotatable bonds is 8. The molecule has 1 atom stereocenters. The van der Waals surface area contributed by atoms with Gasteiger partial charge in [0, 0.05) is 0 Å². The third kappa shape index (κ3) is 6.41. The van der Waals surface area contributed by atoms with Gasteiger partial charge in [0.25, 0.3) is 0 Å². The summed E-state index contributed by atoms with van der Waals surface area (Å²) < 4.78 is 24.7. The van der Waals surface area contributed by atoms with E-state index in [1.807, 2.05) is 0 Å². The fourth-order valence-corrected chi connectivity index (χ4v) is 3.17. The van der Waals surface area contributed by atoms with E-state index in [9.17, 15) is 9.18 Å². The molecule has 0 saturated carbocycles. The molecule has 6 heteroatoms. The second-order valence-electron chi connectivity index (χ2n) is 7.15. The molecule has 1 aromatic carbocycles. The minimum absolute atomic E-state index is 0.0488. The van der Waals surface area contributed by atoms with Gasteiger partial charge in [-0.2, -0.15) is 0 Å². The van der Waals surface area contributed by atoms with Crippen LogP contribution in [0.4, 0.5) is 4.39 Å². The maximum Gasteiger partial charge on any atom is 0.329 e. The Hall–Kier alpha value is -1.24. The van der Waals surface area contributed by atoms with Crippen molar-refractivity contribution < 1.29 is 23.5 Å². The van der Waals surface area contributed by atoms with Crippen LogP contribution in [0.3, 0.4) is 0 Å². The number of hydrogen-bond donors (Lipinski definition) is 1. The van der Waals surface area contributed by atoms with Crippen molar-refractivity contribution in [2.75, 3.05) is 13.2 Å². The standard InChI is InChI=1S/C17H27FO4Si/c1-17(2,3)23(4,5)22-15(10-11-21-12-16(19)20)13-6-8-14(18)9-7-13/h6-9,15H,10-12H2,1-5H3,(H,19,20)/t15-/m1/s1. The van der Waals surface area contributed by atoms with Crippen LogP contribution >= 0.6 is 0 Å². The summed E-state index contributed by atoms with van der Waals surface area (Å²) in [5, 5.41) is 8.68. The number of carboxylic acid groups (broad SMARTS) is 1. The molecule has 0 unspecified atom stereocenters. The molecule has 0 aliphatic carbocycles. The van der Waals surface area contributed by atoms with E-state index in [2.05, 4.69) is 33.9 Å². The van der Waals surface area contributed by atoms with Crippen LogP contribution in [-0.2, 0) is 14.0 Å². The van der Waals surface area contributed by atoms with Crippen LogP contribution in [0, 0.1) is 5.82 Å². The molecule has 23 heavy (non-hydrogen) atoms. The summed E-state index contributed by atoms with van der Waals surface area (Å²) in [6.45, 7) is 10.7. The van der Waals surface area contributed by atoms with Gasteiger partial charge in [-0.25, -0.2) is 9.18 Å². The van der Waals surface area contributed by atoms with Gasteiger partial charge in [-0.05, 0) is 42.2 Å². The first-order valence-corrected chi connectivity index (χ1v) is 10.7. The zero-order valence-corrected chi connectivity index (χ0v) is 15.6. The first-order chi connectivity index (χ1) is 10.5. The van der Waals surface area contributed by atoms with Gasteiger partial charge < -0.3 is 14.3 Å². The third-order valence-electron chi connectivity index (χ3n) is 4.23. The lowest BCUT2D eigenvalue weighted by Crippen LogP contribution is -2.42.